The number of benzene rings is 2. The average molecular weight is 381 g/mol. The van der Waals surface area contributed by atoms with Gasteiger partial charge in [0, 0.05) is 13.0 Å². The highest BCUT2D eigenvalue weighted by atomic mass is 35.5. The lowest BCUT2D eigenvalue weighted by Crippen LogP contribution is -2.24. The number of rotatable bonds is 8. The average Bonchev–Trinajstić information content (AvgIpc) is 2.60. The van der Waals surface area contributed by atoms with Crippen LogP contribution >= 0.6 is 11.6 Å². The first-order valence-corrected chi connectivity index (χ1v) is 9.91. The molecule has 0 bridgehead atoms. The summed E-state index contributed by atoms with van der Waals surface area (Å²) in [7, 11) is -3.46. The van der Waals surface area contributed by atoms with Crippen LogP contribution in [0.1, 0.15) is 25.3 Å². The van der Waals surface area contributed by atoms with Crippen molar-refractivity contribution in [3.63, 3.8) is 0 Å². The lowest BCUT2D eigenvalue weighted by Gasteiger charge is -2.08. The van der Waals surface area contributed by atoms with Gasteiger partial charge in [-0.15, -0.1) is 0 Å². The lowest BCUT2D eigenvalue weighted by molar-refractivity contribution is -0.116. The van der Waals surface area contributed by atoms with Crippen LogP contribution in [0.4, 0.5) is 5.69 Å². The third-order valence-corrected chi connectivity index (χ3v) is 5.37. The Labute approximate surface area is 153 Å². The Morgan fingerprint density at radius 3 is 2.40 bits per heavy atom. The van der Waals surface area contributed by atoms with Gasteiger partial charge < -0.3 is 5.32 Å². The van der Waals surface area contributed by atoms with Gasteiger partial charge in [0.05, 0.1) is 15.6 Å². The van der Waals surface area contributed by atoms with Gasteiger partial charge in [-0.2, -0.15) is 0 Å². The normalized spacial score (nSPS) is 11.3. The van der Waals surface area contributed by atoms with Gasteiger partial charge in [-0.25, -0.2) is 13.1 Å². The van der Waals surface area contributed by atoms with Crippen molar-refractivity contribution < 1.29 is 13.2 Å². The van der Waals surface area contributed by atoms with Gasteiger partial charge >= 0.3 is 0 Å². The Hall–Kier alpha value is -1.89. The van der Waals surface area contributed by atoms with Crippen molar-refractivity contribution in [2.45, 2.75) is 31.1 Å². The predicted octanol–water partition coefficient (Wildman–Crippen LogP) is 3.60. The molecule has 0 heterocycles. The third kappa shape index (κ3) is 5.85. The molecule has 0 aliphatic rings. The maximum absolute atomic E-state index is 12.0. The van der Waals surface area contributed by atoms with Crippen LogP contribution < -0.4 is 10.0 Å². The topological polar surface area (TPSA) is 75.3 Å². The van der Waals surface area contributed by atoms with Crippen molar-refractivity contribution in [3.8, 4) is 0 Å². The number of carbonyl (C=O) groups excluding carboxylic acids is 1. The lowest BCUT2D eigenvalue weighted by atomic mass is 10.1. The van der Waals surface area contributed by atoms with Crippen molar-refractivity contribution in [1.29, 1.82) is 0 Å². The van der Waals surface area contributed by atoms with E-state index in [1.54, 1.807) is 48.5 Å². The van der Waals surface area contributed by atoms with Gasteiger partial charge in [0.25, 0.3) is 0 Å². The molecular formula is C18H21ClN2O3S. The zero-order valence-corrected chi connectivity index (χ0v) is 15.5. The maximum atomic E-state index is 12.0. The molecule has 25 heavy (non-hydrogen) atoms. The molecule has 0 aromatic heterocycles. The molecule has 2 aromatic carbocycles. The van der Waals surface area contributed by atoms with Gasteiger partial charge in [-0.05, 0) is 42.7 Å². The predicted molar refractivity (Wildman–Crippen MR) is 100 cm³/mol. The highest BCUT2D eigenvalue weighted by molar-refractivity contribution is 7.89. The minimum absolute atomic E-state index is 0.144. The quantitative estimate of drug-likeness (QED) is 0.734. The summed E-state index contributed by atoms with van der Waals surface area (Å²) in [5, 5.41) is 3.25. The van der Waals surface area contributed by atoms with Crippen molar-refractivity contribution in [1.82, 2.24) is 4.72 Å². The first kappa shape index (κ1) is 19.4. The molecule has 5 nitrogen and oxygen atoms in total. The highest BCUT2D eigenvalue weighted by Gasteiger charge is 2.12. The number of aryl methyl sites for hydroxylation is 1. The smallest absolute Gasteiger partial charge is 0.240 e. The zero-order chi connectivity index (χ0) is 18.3. The van der Waals surface area contributed by atoms with Crippen LogP contribution in [0.15, 0.2) is 53.4 Å². The monoisotopic (exact) mass is 380 g/mol. The van der Waals surface area contributed by atoms with Crippen LogP contribution in [-0.2, 0) is 21.2 Å². The van der Waals surface area contributed by atoms with Gasteiger partial charge in [0.2, 0.25) is 15.9 Å². The van der Waals surface area contributed by atoms with Crippen LogP contribution in [0, 0.1) is 0 Å². The molecule has 1 amide bonds. The molecule has 0 saturated heterocycles. The van der Waals surface area contributed by atoms with Crippen molar-refractivity contribution in [2.75, 3.05) is 11.9 Å². The SMILES string of the molecule is CCCNS(=O)(=O)c1ccc(CCC(=O)Nc2ccccc2Cl)cc1. The van der Waals surface area contributed by atoms with E-state index in [0.29, 0.717) is 23.7 Å². The van der Waals surface area contributed by atoms with Gasteiger partial charge in [0.1, 0.15) is 0 Å². The number of sulfonamides is 1. The largest absolute Gasteiger partial charge is 0.325 e. The van der Waals surface area contributed by atoms with Crippen molar-refractivity contribution in [3.05, 3.63) is 59.1 Å². The molecule has 2 N–H and O–H groups in total. The molecule has 2 aromatic rings. The van der Waals surface area contributed by atoms with E-state index in [1.165, 1.54) is 0 Å². The number of halogens is 1. The van der Waals surface area contributed by atoms with Crippen molar-refractivity contribution >= 4 is 33.2 Å². The number of hydrogen-bond donors (Lipinski definition) is 2. The Bertz CT molecular complexity index is 820. The summed E-state index contributed by atoms with van der Waals surface area (Å²) in [4.78, 5) is 12.2. The summed E-state index contributed by atoms with van der Waals surface area (Å²) < 4.78 is 26.6. The maximum Gasteiger partial charge on any atom is 0.240 e. The highest BCUT2D eigenvalue weighted by Crippen LogP contribution is 2.20. The second-order valence-electron chi connectivity index (χ2n) is 5.57. The molecule has 0 aliphatic carbocycles. The second-order valence-corrected chi connectivity index (χ2v) is 7.74. The summed E-state index contributed by atoms with van der Waals surface area (Å²) in [5.41, 5.74) is 1.47. The fourth-order valence-electron chi connectivity index (χ4n) is 2.19. The number of amides is 1. The minimum Gasteiger partial charge on any atom is -0.325 e. The zero-order valence-electron chi connectivity index (χ0n) is 14.0. The first-order valence-electron chi connectivity index (χ1n) is 8.05. The van der Waals surface area contributed by atoms with Crippen LogP contribution in [0.25, 0.3) is 0 Å². The van der Waals surface area contributed by atoms with Crippen LogP contribution in [0.2, 0.25) is 5.02 Å². The summed E-state index contributed by atoms with van der Waals surface area (Å²) >= 11 is 6.00. The van der Waals surface area contributed by atoms with Crippen LogP contribution in [0.5, 0.6) is 0 Å². The van der Waals surface area contributed by atoms with E-state index in [4.69, 9.17) is 11.6 Å². The Morgan fingerprint density at radius 1 is 1.08 bits per heavy atom. The number of carbonyl (C=O) groups is 1. The van der Waals surface area contributed by atoms with E-state index >= 15 is 0 Å². The molecule has 0 fully saturated rings. The molecule has 0 atom stereocenters. The third-order valence-electron chi connectivity index (χ3n) is 3.56. The van der Waals surface area contributed by atoms with E-state index in [0.717, 1.165) is 12.0 Å². The Balaban J connectivity index is 1.91. The Kier molecular flexibility index (Phi) is 6.99. The molecule has 0 unspecified atom stereocenters. The fraction of sp³-hybridized carbons (Fsp3) is 0.278. The molecule has 0 aliphatic heterocycles. The van der Waals surface area contributed by atoms with Crippen LogP contribution in [0.3, 0.4) is 0 Å². The van der Waals surface area contributed by atoms with Gasteiger partial charge in [-0.3, -0.25) is 4.79 Å². The molecule has 0 saturated carbocycles. The molecular weight excluding hydrogens is 360 g/mol. The summed E-state index contributed by atoms with van der Waals surface area (Å²) in [5.74, 6) is -0.144. The van der Waals surface area contributed by atoms with E-state index in [-0.39, 0.29) is 17.2 Å². The molecule has 7 heteroatoms. The van der Waals surface area contributed by atoms with E-state index in [2.05, 4.69) is 10.0 Å². The number of para-hydroxylation sites is 1. The first-order chi connectivity index (χ1) is 11.9. The van der Waals surface area contributed by atoms with Gasteiger partial charge in [-0.1, -0.05) is 42.8 Å². The second kappa shape index (κ2) is 8.99. The van der Waals surface area contributed by atoms with Gasteiger partial charge in [0.15, 0.2) is 0 Å². The molecule has 0 spiro atoms. The minimum atomic E-state index is -3.46. The molecule has 134 valence electrons. The number of anilines is 1. The standard InChI is InChI=1S/C18H21ClN2O3S/c1-2-13-20-25(23,24)15-10-7-14(8-11-15)9-12-18(22)21-17-6-4-3-5-16(17)19/h3-8,10-11,20H,2,9,12-13H2,1H3,(H,21,22). The van der Waals surface area contributed by atoms with E-state index in [9.17, 15) is 13.2 Å². The fourth-order valence-corrected chi connectivity index (χ4v) is 3.51. The number of nitrogens with one attached hydrogen (secondary N) is 2. The molecule has 2 rings (SSSR count). The van der Waals surface area contributed by atoms with Crippen molar-refractivity contribution in [2.24, 2.45) is 0 Å². The molecule has 0 radical (unpaired) electrons. The van der Waals surface area contributed by atoms with Crippen LogP contribution in [-0.4, -0.2) is 20.9 Å². The Morgan fingerprint density at radius 2 is 1.76 bits per heavy atom. The van der Waals surface area contributed by atoms with E-state index < -0.39 is 10.0 Å². The summed E-state index contributed by atoms with van der Waals surface area (Å²) in [6, 6.07) is 13.6. The summed E-state index contributed by atoms with van der Waals surface area (Å²) in [6.07, 6.45) is 1.53. The summed E-state index contributed by atoms with van der Waals surface area (Å²) in [6.45, 7) is 2.31. The number of hydrogen-bond acceptors (Lipinski definition) is 3. The van der Waals surface area contributed by atoms with E-state index in [1.807, 2.05) is 6.92 Å².